The van der Waals surface area contributed by atoms with Gasteiger partial charge in [0.05, 0.1) is 12.7 Å². The molecular formula is C13H12BrN3O2. The van der Waals surface area contributed by atoms with Crippen LogP contribution < -0.4 is 10.1 Å². The van der Waals surface area contributed by atoms with Crippen LogP contribution in [0, 0.1) is 6.92 Å². The number of rotatable bonds is 3. The van der Waals surface area contributed by atoms with Crippen molar-refractivity contribution in [2.75, 3.05) is 12.4 Å². The van der Waals surface area contributed by atoms with Crippen LogP contribution in [-0.4, -0.2) is 23.0 Å². The van der Waals surface area contributed by atoms with Crippen LogP contribution in [0.2, 0.25) is 0 Å². The van der Waals surface area contributed by atoms with Gasteiger partial charge in [0.15, 0.2) is 0 Å². The highest BCUT2D eigenvalue weighted by Crippen LogP contribution is 2.17. The van der Waals surface area contributed by atoms with Gasteiger partial charge in [-0.3, -0.25) is 10.1 Å². The Kier molecular flexibility index (Phi) is 4.11. The number of nitrogens with zero attached hydrogens (tertiary/aromatic N) is 2. The summed E-state index contributed by atoms with van der Waals surface area (Å²) in [6.07, 6.45) is 0. The third-order valence-electron chi connectivity index (χ3n) is 2.38. The largest absolute Gasteiger partial charge is 0.481 e. The summed E-state index contributed by atoms with van der Waals surface area (Å²) in [4.78, 5) is 20.3. The maximum atomic E-state index is 12.1. The van der Waals surface area contributed by atoms with Crippen molar-refractivity contribution in [1.29, 1.82) is 0 Å². The molecule has 0 radical (unpaired) electrons. The van der Waals surface area contributed by atoms with Gasteiger partial charge in [-0.15, -0.1) is 0 Å². The lowest BCUT2D eigenvalue weighted by molar-refractivity contribution is 0.102. The number of methoxy groups -OCH3 is 1. The molecular weight excluding hydrogens is 310 g/mol. The number of hydrogen-bond acceptors (Lipinski definition) is 4. The van der Waals surface area contributed by atoms with E-state index in [2.05, 4.69) is 31.2 Å². The van der Waals surface area contributed by atoms with Crippen molar-refractivity contribution in [2.24, 2.45) is 0 Å². The molecule has 0 aliphatic heterocycles. The van der Waals surface area contributed by atoms with Gasteiger partial charge in [0, 0.05) is 16.2 Å². The minimum absolute atomic E-state index is 0.220. The maximum absolute atomic E-state index is 12.1. The first-order chi connectivity index (χ1) is 9.10. The Balaban J connectivity index is 2.24. The topological polar surface area (TPSA) is 64.1 Å². The molecule has 0 aliphatic rings. The molecule has 2 rings (SSSR count). The smallest absolute Gasteiger partial charge is 0.259 e. The predicted molar refractivity (Wildman–Crippen MR) is 75.4 cm³/mol. The molecule has 1 amide bonds. The third kappa shape index (κ3) is 3.29. The molecule has 0 aliphatic carbocycles. The number of ether oxygens (including phenoxy) is 1. The molecule has 0 saturated heterocycles. The van der Waals surface area contributed by atoms with Crippen LogP contribution in [-0.2, 0) is 0 Å². The Morgan fingerprint density at radius 2 is 2.05 bits per heavy atom. The van der Waals surface area contributed by atoms with E-state index >= 15 is 0 Å². The maximum Gasteiger partial charge on any atom is 0.259 e. The molecule has 1 aromatic carbocycles. The van der Waals surface area contributed by atoms with Crippen LogP contribution in [0.5, 0.6) is 5.88 Å². The van der Waals surface area contributed by atoms with E-state index < -0.39 is 0 Å². The second kappa shape index (κ2) is 5.79. The first-order valence-electron chi connectivity index (χ1n) is 5.55. The molecule has 98 valence electrons. The molecule has 5 nitrogen and oxygen atoms in total. The van der Waals surface area contributed by atoms with E-state index in [-0.39, 0.29) is 11.9 Å². The predicted octanol–water partition coefficient (Wildman–Crippen LogP) is 2.81. The van der Waals surface area contributed by atoms with Crippen molar-refractivity contribution in [1.82, 2.24) is 9.97 Å². The number of anilines is 1. The Bertz CT molecular complexity index is 617. The van der Waals surface area contributed by atoms with Gasteiger partial charge in [0.25, 0.3) is 5.91 Å². The van der Waals surface area contributed by atoms with E-state index in [0.29, 0.717) is 21.6 Å². The summed E-state index contributed by atoms with van der Waals surface area (Å²) in [5.41, 5.74) is 1.24. The standard InChI is InChI=1S/C13H12BrN3O2/c1-8-7-11(19-2)16-13(15-8)17-12(18)9-5-3-4-6-10(9)14/h3-7H,1-2H3,(H,15,16,17,18). The highest BCUT2D eigenvalue weighted by atomic mass is 79.9. The number of carbonyl (C=O) groups is 1. The number of aryl methyl sites for hydroxylation is 1. The zero-order valence-corrected chi connectivity index (χ0v) is 12.1. The van der Waals surface area contributed by atoms with Crippen LogP contribution in [0.25, 0.3) is 0 Å². The van der Waals surface area contributed by atoms with E-state index in [1.165, 1.54) is 7.11 Å². The lowest BCUT2D eigenvalue weighted by atomic mass is 10.2. The molecule has 0 unspecified atom stereocenters. The van der Waals surface area contributed by atoms with Gasteiger partial charge in [-0.05, 0) is 35.0 Å². The normalized spacial score (nSPS) is 10.1. The van der Waals surface area contributed by atoms with E-state index in [1.807, 2.05) is 6.07 Å². The highest BCUT2D eigenvalue weighted by molar-refractivity contribution is 9.10. The lowest BCUT2D eigenvalue weighted by Gasteiger charge is -2.07. The number of aromatic nitrogens is 2. The van der Waals surface area contributed by atoms with Crippen molar-refractivity contribution in [3.8, 4) is 5.88 Å². The Labute approximate surface area is 119 Å². The third-order valence-corrected chi connectivity index (χ3v) is 3.08. The molecule has 0 fully saturated rings. The van der Waals surface area contributed by atoms with Crippen LogP contribution in [0.1, 0.15) is 16.1 Å². The molecule has 1 N–H and O–H groups in total. The average molecular weight is 322 g/mol. The molecule has 1 aromatic heterocycles. The quantitative estimate of drug-likeness (QED) is 0.944. The molecule has 0 atom stereocenters. The summed E-state index contributed by atoms with van der Waals surface area (Å²) in [5, 5.41) is 2.64. The number of benzene rings is 1. The summed E-state index contributed by atoms with van der Waals surface area (Å²) in [5.74, 6) is 0.354. The van der Waals surface area contributed by atoms with Crippen molar-refractivity contribution in [3.63, 3.8) is 0 Å². The molecule has 0 spiro atoms. The lowest BCUT2D eigenvalue weighted by Crippen LogP contribution is -2.15. The monoisotopic (exact) mass is 321 g/mol. The molecule has 19 heavy (non-hydrogen) atoms. The molecule has 2 aromatic rings. The van der Waals surface area contributed by atoms with Gasteiger partial charge in [0.2, 0.25) is 11.8 Å². The van der Waals surface area contributed by atoms with Gasteiger partial charge in [-0.25, -0.2) is 4.98 Å². The van der Waals surface area contributed by atoms with Crippen molar-refractivity contribution in [3.05, 3.63) is 46.1 Å². The minimum Gasteiger partial charge on any atom is -0.481 e. The second-order valence-corrected chi connectivity index (χ2v) is 4.66. The van der Waals surface area contributed by atoms with Crippen LogP contribution in [0.15, 0.2) is 34.8 Å². The summed E-state index contributed by atoms with van der Waals surface area (Å²) >= 11 is 3.33. The summed E-state index contributed by atoms with van der Waals surface area (Å²) in [7, 11) is 1.52. The van der Waals surface area contributed by atoms with E-state index in [4.69, 9.17) is 4.74 Å². The molecule has 0 bridgehead atoms. The van der Waals surface area contributed by atoms with Gasteiger partial charge < -0.3 is 4.74 Å². The number of carbonyl (C=O) groups excluding carboxylic acids is 1. The summed E-state index contributed by atoms with van der Waals surface area (Å²) < 4.78 is 5.75. The SMILES string of the molecule is COc1cc(C)nc(NC(=O)c2ccccc2Br)n1. The Morgan fingerprint density at radius 3 is 2.74 bits per heavy atom. The van der Waals surface area contributed by atoms with Crippen LogP contribution in [0.3, 0.4) is 0 Å². The fraction of sp³-hybridized carbons (Fsp3) is 0.154. The summed E-state index contributed by atoms with van der Waals surface area (Å²) in [6.45, 7) is 1.80. The van der Waals surface area contributed by atoms with Crippen molar-refractivity contribution >= 4 is 27.8 Å². The summed E-state index contributed by atoms with van der Waals surface area (Å²) in [6, 6.07) is 8.83. The fourth-order valence-corrected chi connectivity index (χ4v) is 1.98. The zero-order valence-electron chi connectivity index (χ0n) is 10.5. The number of nitrogens with one attached hydrogen (secondary N) is 1. The number of amides is 1. The van der Waals surface area contributed by atoms with E-state index in [1.54, 1.807) is 31.2 Å². The molecule has 6 heteroatoms. The number of halogens is 1. The minimum atomic E-state index is -0.278. The highest BCUT2D eigenvalue weighted by Gasteiger charge is 2.11. The first-order valence-corrected chi connectivity index (χ1v) is 6.35. The van der Waals surface area contributed by atoms with Crippen molar-refractivity contribution < 1.29 is 9.53 Å². The van der Waals surface area contributed by atoms with Crippen LogP contribution in [0.4, 0.5) is 5.95 Å². The first kappa shape index (κ1) is 13.5. The van der Waals surface area contributed by atoms with Gasteiger partial charge in [0.1, 0.15) is 0 Å². The number of hydrogen-bond donors (Lipinski definition) is 1. The van der Waals surface area contributed by atoms with E-state index in [9.17, 15) is 4.79 Å². The zero-order chi connectivity index (χ0) is 13.8. The van der Waals surface area contributed by atoms with E-state index in [0.717, 1.165) is 0 Å². The van der Waals surface area contributed by atoms with Gasteiger partial charge in [-0.2, -0.15) is 4.98 Å². The Morgan fingerprint density at radius 1 is 1.32 bits per heavy atom. The Hall–Kier alpha value is -1.95. The van der Waals surface area contributed by atoms with Crippen LogP contribution >= 0.6 is 15.9 Å². The second-order valence-electron chi connectivity index (χ2n) is 3.81. The average Bonchev–Trinajstić information content (AvgIpc) is 2.38. The van der Waals surface area contributed by atoms with Gasteiger partial charge >= 0.3 is 0 Å². The molecule has 1 heterocycles. The molecule has 0 saturated carbocycles. The van der Waals surface area contributed by atoms with Crippen molar-refractivity contribution in [2.45, 2.75) is 6.92 Å². The van der Waals surface area contributed by atoms with Gasteiger partial charge in [-0.1, -0.05) is 12.1 Å². The fourth-order valence-electron chi connectivity index (χ4n) is 1.51.